The average Bonchev–Trinajstić information content (AvgIpc) is 3.30. The largest absolute Gasteiger partial charge is 0.490 e. The van der Waals surface area contributed by atoms with Crippen LogP contribution >= 0.6 is 0 Å². The number of hydrogen-bond acceptors (Lipinski definition) is 8. The first kappa shape index (κ1) is 21.8. The molecule has 4 rings (SSSR count). The van der Waals surface area contributed by atoms with Crippen LogP contribution in [0.3, 0.4) is 0 Å². The third-order valence-electron chi connectivity index (χ3n) is 5.32. The minimum Gasteiger partial charge on any atom is -0.490 e. The Balaban J connectivity index is 1.29. The summed E-state index contributed by atoms with van der Waals surface area (Å²) in [4.78, 5) is 23.4. The van der Waals surface area contributed by atoms with Crippen LogP contribution < -0.4 is 15.4 Å². The topological polar surface area (TPSA) is 150 Å². The summed E-state index contributed by atoms with van der Waals surface area (Å²) in [6.07, 6.45) is 2.61. The second kappa shape index (κ2) is 9.82. The van der Waals surface area contributed by atoms with E-state index in [2.05, 4.69) is 20.8 Å². The van der Waals surface area contributed by atoms with Crippen molar-refractivity contribution in [1.29, 1.82) is 5.26 Å². The third kappa shape index (κ3) is 5.65. The summed E-state index contributed by atoms with van der Waals surface area (Å²) >= 11 is 0. The Hall–Kier alpha value is -4.39. The molecule has 1 saturated carbocycles. The number of aliphatic carboxylic acids is 1. The summed E-state index contributed by atoms with van der Waals surface area (Å²) in [5.74, 6) is -1.14. The lowest BCUT2D eigenvalue weighted by molar-refractivity contribution is -0.143. The molecule has 0 radical (unpaired) electrons. The number of carboxylic acid groups (broad SMARTS) is 1. The minimum absolute atomic E-state index is 0.0125. The lowest BCUT2D eigenvalue weighted by Gasteiger charge is -2.26. The molecule has 2 aromatic carbocycles. The van der Waals surface area contributed by atoms with E-state index in [0.29, 0.717) is 48.4 Å². The predicted octanol–water partition coefficient (Wildman–Crippen LogP) is 3.96. The molecule has 33 heavy (non-hydrogen) atoms. The molecule has 1 aliphatic rings. The Morgan fingerprint density at radius 1 is 1.00 bits per heavy atom. The number of anilines is 3. The molecule has 3 N–H and O–H groups in total. The smallest absolute Gasteiger partial charge is 0.320 e. The van der Waals surface area contributed by atoms with E-state index in [0.717, 1.165) is 0 Å². The van der Waals surface area contributed by atoms with Crippen LogP contribution in [0, 0.1) is 17.2 Å². The van der Waals surface area contributed by atoms with Gasteiger partial charge in [-0.25, -0.2) is 0 Å². The molecular formula is C23H21N5O5. The van der Waals surface area contributed by atoms with Gasteiger partial charge in [0.05, 0.1) is 23.7 Å². The van der Waals surface area contributed by atoms with E-state index in [1.165, 1.54) is 0 Å². The van der Waals surface area contributed by atoms with Gasteiger partial charge >= 0.3 is 23.8 Å². The Morgan fingerprint density at radius 2 is 1.67 bits per heavy atom. The summed E-state index contributed by atoms with van der Waals surface area (Å²) in [6.45, 7) is 0. The molecule has 0 spiro atoms. The molecule has 10 nitrogen and oxygen atoms in total. The summed E-state index contributed by atoms with van der Waals surface area (Å²) < 4.78 is 11.3. The number of nitrogens with zero attached hydrogens (tertiary/aromatic N) is 3. The van der Waals surface area contributed by atoms with E-state index in [4.69, 9.17) is 19.5 Å². The van der Waals surface area contributed by atoms with Crippen LogP contribution in [0.4, 0.5) is 17.4 Å². The van der Waals surface area contributed by atoms with Gasteiger partial charge in [-0.05, 0) is 74.2 Å². The SMILES string of the molecule is N#Cc1ccc(Nc2nnc(C(=O)Nc3ccc(OC4CCC(C(=O)O)CC4)cc3)o2)cc1. The molecular weight excluding hydrogens is 426 g/mol. The molecule has 0 unspecified atom stereocenters. The van der Waals surface area contributed by atoms with Crippen molar-refractivity contribution in [3.8, 4) is 11.8 Å². The van der Waals surface area contributed by atoms with Crippen LogP contribution in [0.5, 0.6) is 5.75 Å². The number of rotatable bonds is 7. The van der Waals surface area contributed by atoms with Gasteiger partial charge in [0.25, 0.3) is 0 Å². The Morgan fingerprint density at radius 3 is 2.30 bits per heavy atom. The quantitative estimate of drug-likeness (QED) is 0.489. The Bertz CT molecular complexity index is 1160. The zero-order valence-electron chi connectivity index (χ0n) is 17.5. The fourth-order valence-electron chi connectivity index (χ4n) is 3.54. The van der Waals surface area contributed by atoms with Crippen molar-refractivity contribution < 1.29 is 23.8 Å². The van der Waals surface area contributed by atoms with E-state index in [1.54, 1.807) is 48.5 Å². The molecule has 0 saturated heterocycles. The number of carbonyl (C=O) groups is 2. The standard InChI is InChI=1S/C23H21N5O5/c24-13-14-1-5-17(6-2-14)26-23-28-27-21(33-23)20(29)25-16-7-11-19(12-8-16)32-18-9-3-15(4-10-18)22(30)31/h1-2,5-8,11-12,15,18H,3-4,9-10H2,(H,25,29)(H,26,28)(H,30,31). The molecule has 1 fully saturated rings. The maximum absolute atomic E-state index is 12.4. The molecule has 1 heterocycles. The van der Waals surface area contributed by atoms with Crippen LogP contribution in [-0.2, 0) is 4.79 Å². The van der Waals surface area contributed by atoms with E-state index in [1.807, 2.05) is 6.07 Å². The van der Waals surface area contributed by atoms with Gasteiger partial charge in [-0.15, -0.1) is 5.10 Å². The van der Waals surface area contributed by atoms with Gasteiger partial charge in [0.2, 0.25) is 0 Å². The summed E-state index contributed by atoms with van der Waals surface area (Å²) in [7, 11) is 0. The van der Waals surface area contributed by atoms with Crippen LogP contribution in [-0.4, -0.2) is 33.3 Å². The number of aromatic nitrogens is 2. The van der Waals surface area contributed by atoms with Crippen LogP contribution in [0.25, 0.3) is 0 Å². The Kier molecular flexibility index (Phi) is 6.50. The summed E-state index contributed by atoms with van der Waals surface area (Å²) in [5, 5.41) is 31.0. The fraction of sp³-hybridized carbons (Fsp3) is 0.261. The molecule has 0 aliphatic heterocycles. The van der Waals surface area contributed by atoms with Crippen molar-refractivity contribution in [2.24, 2.45) is 5.92 Å². The zero-order chi connectivity index (χ0) is 23.2. The maximum atomic E-state index is 12.4. The zero-order valence-corrected chi connectivity index (χ0v) is 17.5. The number of amides is 1. The van der Waals surface area contributed by atoms with E-state index in [-0.39, 0.29) is 23.9 Å². The van der Waals surface area contributed by atoms with Crippen molar-refractivity contribution in [2.75, 3.05) is 10.6 Å². The van der Waals surface area contributed by atoms with E-state index in [9.17, 15) is 9.59 Å². The first-order chi connectivity index (χ1) is 16.0. The summed E-state index contributed by atoms with van der Waals surface area (Å²) in [5.41, 5.74) is 1.69. The number of benzene rings is 2. The second-order valence-electron chi connectivity index (χ2n) is 7.63. The normalized spacial score (nSPS) is 17.5. The molecule has 3 aromatic rings. The fourth-order valence-corrected chi connectivity index (χ4v) is 3.54. The van der Waals surface area contributed by atoms with Crippen LogP contribution in [0.2, 0.25) is 0 Å². The van der Waals surface area contributed by atoms with Crippen molar-refractivity contribution in [1.82, 2.24) is 10.2 Å². The minimum atomic E-state index is -0.744. The van der Waals surface area contributed by atoms with Crippen molar-refractivity contribution >= 4 is 29.3 Å². The van der Waals surface area contributed by atoms with E-state index < -0.39 is 11.9 Å². The first-order valence-corrected chi connectivity index (χ1v) is 10.4. The van der Waals surface area contributed by atoms with Crippen molar-refractivity contribution in [3.05, 3.63) is 60.0 Å². The van der Waals surface area contributed by atoms with Gasteiger partial charge in [-0.1, -0.05) is 5.10 Å². The highest BCUT2D eigenvalue weighted by Gasteiger charge is 2.26. The lowest BCUT2D eigenvalue weighted by Crippen LogP contribution is -2.27. The molecule has 1 amide bonds. The van der Waals surface area contributed by atoms with Crippen molar-refractivity contribution in [2.45, 2.75) is 31.8 Å². The number of ether oxygens (including phenoxy) is 1. The highest BCUT2D eigenvalue weighted by molar-refractivity contribution is 6.00. The maximum Gasteiger partial charge on any atom is 0.320 e. The predicted molar refractivity (Wildman–Crippen MR) is 117 cm³/mol. The first-order valence-electron chi connectivity index (χ1n) is 10.4. The van der Waals surface area contributed by atoms with Crippen molar-refractivity contribution in [3.63, 3.8) is 0 Å². The van der Waals surface area contributed by atoms with Crippen LogP contribution in [0.1, 0.15) is 41.9 Å². The number of nitriles is 1. The molecule has 10 heteroatoms. The Labute approximate surface area is 189 Å². The number of carboxylic acids is 1. The molecule has 1 aromatic heterocycles. The third-order valence-corrected chi connectivity index (χ3v) is 5.32. The average molecular weight is 447 g/mol. The molecule has 1 aliphatic carbocycles. The van der Waals surface area contributed by atoms with Gasteiger partial charge < -0.3 is 24.9 Å². The van der Waals surface area contributed by atoms with Gasteiger partial charge in [0.1, 0.15) is 5.75 Å². The second-order valence-corrected chi connectivity index (χ2v) is 7.63. The highest BCUT2D eigenvalue weighted by atomic mass is 16.5. The number of hydrogen-bond donors (Lipinski definition) is 3. The molecule has 168 valence electrons. The molecule has 0 bridgehead atoms. The van der Waals surface area contributed by atoms with Gasteiger partial charge in [-0.2, -0.15) is 5.26 Å². The van der Waals surface area contributed by atoms with E-state index >= 15 is 0 Å². The van der Waals surface area contributed by atoms with Gasteiger partial charge in [0.15, 0.2) is 0 Å². The van der Waals surface area contributed by atoms with Gasteiger partial charge in [0, 0.05) is 11.4 Å². The lowest BCUT2D eigenvalue weighted by atomic mass is 9.87. The summed E-state index contributed by atoms with van der Waals surface area (Å²) in [6, 6.07) is 15.6. The number of carbonyl (C=O) groups excluding carboxylic acids is 1. The highest BCUT2D eigenvalue weighted by Crippen LogP contribution is 2.28. The number of nitrogens with one attached hydrogen (secondary N) is 2. The van der Waals surface area contributed by atoms with Gasteiger partial charge in [-0.3, -0.25) is 9.59 Å². The van der Waals surface area contributed by atoms with Crippen LogP contribution in [0.15, 0.2) is 52.9 Å². The monoisotopic (exact) mass is 447 g/mol. The molecule has 0 atom stereocenters.